The van der Waals surface area contributed by atoms with Crippen LogP contribution in [0.4, 0.5) is 5.69 Å². The molecular weight excluding hydrogens is 402 g/mol. The first kappa shape index (κ1) is 21.0. The summed E-state index contributed by atoms with van der Waals surface area (Å²) in [5.74, 6) is 0.731. The van der Waals surface area contributed by atoms with E-state index in [4.69, 9.17) is 4.74 Å². The van der Waals surface area contributed by atoms with E-state index in [1.54, 1.807) is 0 Å². The number of rotatable bonds is 4. The Morgan fingerprint density at radius 2 is 1.91 bits per heavy atom. The first-order chi connectivity index (χ1) is 15.5. The average Bonchev–Trinajstić information content (AvgIpc) is 2.80. The maximum absolute atomic E-state index is 12.9. The molecule has 6 heteroatoms. The van der Waals surface area contributed by atoms with Gasteiger partial charge < -0.3 is 20.3 Å². The number of nitrogens with zero attached hydrogens (tertiary/aromatic N) is 1. The molecule has 3 aliphatic heterocycles. The minimum absolute atomic E-state index is 0.00133. The minimum atomic E-state index is -0.216. The number of nitrogens with one attached hydrogen (secondary N) is 2. The summed E-state index contributed by atoms with van der Waals surface area (Å²) >= 11 is 0. The van der Waals surface area contributed by atoms with Gasteiger partial charge in [0.15, 0.2) is 0 Å². The van der Waals surface area contributed by atoms with Gasteiger partial charge in [-0.2, -0.15) is 0 Å². The molecule has 0 bridgehead atoms. The third-order valence-corrected chi connectivity index (χ3v) is 7.26. The van der Waals surface area contributed by atoms with E-state index in [1.165, 1.54) is 0 Å². The van der Waals surface area contributed by atoms with Gasteiger partial charge in [0.25, 0.3) is 0 Å². The molecule has 3 aliphatic rings. The summed E-state index contributed by atoms with van der Waals surface area (Å²) in [7, 11) is 2.14. The van der Waals surface area contributed by atoms with Gasteiger partial charge in [-0.1, -0.05) is 36.4 Å². The fourth-order valence-corrected chi connectivity index (χ4v) is 5.30. The van der Waals surface area contributed by atoms with Crippen LogP contribution in [0, 0.1) is 5.92 Å². The second-order valence-corrected chi connectivity index (χ2v) is 9.54. The van der Waals surface area contributed by atoms with E-state index in [0.717, 1.165) is 54.9 Å². The van der Waals surface area contributed by atoms with Gasteiger partial charge in [0.05, 0.1) is 6.04 Å². The summed E-state index contributed by atoms with van der Waals surface area (Å²) in [4.78, 5) is 27.8. The number of carbonyl (C=O) groups excluding carboxylic acids is 2. The van der Waals surface area contributed by atoms with Crippen LogP contribution < -0.4 is 15.4 Å². The van der Waals surface area contributed by atoms with Crippen LogP contribution in [0.15, 0.2) is 48.5 Å². The van der Waals surface area contributed by atoms with E-state index in [1.807, 2.05) is 48.5 Å². The Kier molecular flexibility index (Phi) is 5.64. The Balaban J connectivity index is 1.24. The van der Waals surface area contributed by atoms with Crippen molar-refractivity contribution < 1.29 is 14.3 Å². The number of likely N-dealkylation sites (tertiary alicyclic amines) is 1. The number of anilines is 1. The van der Waals surface area contributed by atoms with Crippen molar-refractivity contribution in [3.8, 4) is 5.75 Å². The van der Waals surface area contributed by atoms with Gasteiger partial charge in [0.2, 0.25) is 11.8 Å². The molecule has 1 saturated heterocycles. The quantitative estimate of drug-likeness (QED) is 0.772. The summed E-state index contributed by atoms with van der Waals surface area (Å²) < 4.78 is 6.49. The fourth-order valence-electron chi connectivity index (χ4n) is 5.30. The minimum Gasteiger partial charge on any atom is -0.487 e. The Morgan fingerprint density at radius 1 is 1.16 bits per heavy atom. The zero-order valence-electron chi connectivity index (χ0n) is 18.6. The van der Waals surface area contributed by atoms with Crippen molar-refractivity contribution in [3.05, 3.63) is 59.7 Å². The number of hydrogen-bond donors (Lipinski definition) is 2. The maximum atomic E-state index is 12.9. The summed E-state index contributed by atoms with van der Waals surface area (Å²) in [5.41, 5.74) is 2.86. The first-order valence-corrected chi connectivity index (χ1v) is 11.7. The molecule has 2 amide bonds. The Bertz CT molecular complexity index is 1010. The lowest BCUT2D eigenvalue weighted by molar-refractivity contribution is -0.124. The number of para-hydroxylation sites is 2. The van der Waals surface area contributed by atoms with Crippen LogP contribution in [-0.4, -0.2) is 42.5 Å². The summed E-state index contributed by atoms with van der Waals surface area (Å²) in [5, 5.41) is 6.25. The molecule has 6 nitrogen and oxygen atoms in total. The molecule has 2 atom stereocenters. The van der Waals surface area contributed by atoms with Crippen LogP contribution in [0.25, 0.3) is 0 Å². The van der Waals surface area contributed by atoms with Gasteiger partial charge in [0, 0.05) is 43.1 Å². The predicted molar refractivity (Wildman–Crippen MR) is 124 cm³/mol. The predicted octanol–water partition coefficient (Wildman–Crippen LogP) is 3.68. The summed E-state index contributed by atoms with van der Waals surface area (Å²) in [6, 6.07) is 15.9. The first-order valence-electron chi connectivity index (χ1n) is 11.7. The van der Waals surface area contributed by atoms with E-state index < -0.39 is 0 Å². The molecule has 0 aromatic heterocycles. The Morgan fingerprint density at radius 3 is 2.75 bits per heavy atom. The number of amides is 2. The van der Waals surface area contributed by atoms with Crippen molar-refractivity contribution >= 4 is 17.5 Å². The molecule has 32 heavy (non-hydrogen) atoms. The number of ether oxygens (including phenoxy) is 1. The summed E-state index contributed by atoms with van der Waals surface area (Å²) in [6.45, 7) is 2.00. The largest absolute Gasteiger partial charge is 0.487 e. The van der Waals surface area contributed by atoms with Gasteiger partial charge in [-0.15, -0.1) is 0 Å². The second-order valence-electron chi connectivity index (χ2n) is 9.54. The van der Waals surface area contributed by atoms with Crippen LogP contribution in [0.2, 0.25) is 0 Å². The molecule has 3 heterocycles. The fraction of sp³-hybridized carbons (Fsp3) is 0.462. The molecule has 1 fully saturated rings. The lowest BCUT2D eigenvalue weighted by atomic mass is 9.80. The molecular formula is C26H31N3O3. The van der Waals surface area contributed by atoms with Crippen molar-refractivity contribution in [2.75, 3.05) is 25.5 Å². The van der Waals surface area contributed by atoms with Crippen molar-refractivity contribution in [1.82, 2.24) is 10.2 Å². The molecule has 2 aromatic rings. The van der Waals surface area contributed by atoms with Crippen LogP contribution in [0.3, 0.4) is 0 Å². The van der Waals surface area contributed by atoms with Gasteiger partial charge >= 0.3 is 0 Å². The molecule has 2 N–H and O–H groups in total. The highest BCUT2D eigenvalue weighted by Crippen LogP contribution is 2.44. The molecule has 2 aromatic carbocycles. The van der Waals surface area contributed by atoms with Gasteiger partial charge in [-0.3, -0.25) is 9.59 Å². The van der Waals surface area contributed by atoms with Crippen molar-refractivity contribution in [2.45, 2.75) is 50.2 Å². The SMILES string of the molecule is CN1CCC2(CC1)CC(NC(=O)CCC1Cc3ccccc3NC1=O)c1ccccc1O2. The average molecular weight is 434 g/mol. The monoisotopic (exact) mass is 433 g/mol. The molecule has 0 saturated carbocycles. The second kappa shape index (κ2) is 8.58. The van der Waals surface area contributed by atoms with Crippen molar-refractivity contribution in [1.29, 1.82) is 0 Å². The lowest BCUT2D eigenvalue weighted by Crippen LogP contribution is -2.51. The highest BCUT2D eigenvalue weighted by molar-refractivity contribution is 5.96. The van der Waals surface area contributed by atoms with Gasteiger partial charge in [-0.25, -0.2) is 0 Å². The van der Waals surface area contributed by atoms with Crippen molar-refractivity contribution in [2.24, 2.45) is 5.92 Å². The third kappa shape index (κ3) is 4.24. The Labute approximate surface area is 189 Å². The molecule has 0 aliphatic carbocycles. The molecule has 2 unspecified atom stereocenters. The zero-order chi connectivity index (χ0) is 22.1. The number of hydrogen-bond acceptors (Lipinski definition) is 4. The molecule has 5 rings (SSSR count). The number of carbonyl (C=O) groups is 2. The third-order valence-electron chi connectivity index (χ3n) is 7.26. The smallest absolute Gasteiger partial charge is 0.227 e. The normalized spacial score (nSPS) is 24.1. The number of piperidine rings is 1. The van der Waals surface area contributed by atoms with Gasteiger partial charge in [-0.05, 0) is 50.4 Å². The molecule has 168 valence electrons. The van der Waals surface area contributed by atoms with Crippen LogP contribution >= 0.6 is 0 Å². The van der Waals surface area contributed by atoms with E-state index >= 15 is 0 Å². The lowest BCUT2D eigenvalue weighted by Gasteiger charge is -2.46. The van der Waals surface area contributed by atoms with Crippen LogP contribution in [0.1, 0.15) is 49.3 Å². The standard InChI is InChI=1S/C26H31N3O3/c1-29-14-12-26(13-15-29)17-22(20-7-3-5-9-23(20)32-26)27-24(30)11-10-19-16-18-6-2-4-8-21(18)28-25(19)31/h2-9,19,22H,10-17H2,1H3,(H,27,30)(H,28,31). The number of benzene rings is 2. The Hall–Kier alpha value is -2.86. The zero-order valence-corrected chi connectivity index (χ0v) is 18.6. The van der Waals surface area contributed by atoms with Crippen LogP contribution in [-0.2, 0) is 16.0 Å². The van der Waals surface area contributed by atoms with E-state index in [-0.39, 0.29) is 29.4 Å². The van der Waals surface area contributed by atoms with Crippen LogP contribution in [0.5, 0.6) is 5.75 Å². The van der Waals surface area contributed by atoms with E-state index in [9.17, 15) is 9.59 Å². The molecule has 1 spiro atoms. The van der Waals surface area contributed by atoms with Gasteiger partial charge in [0.1, 0.15) is 11.4 Å². The van der Waals surface area contributed by atoms with Crippen molar-refractivity contribution in [3.63, 3.8) is 0 Å². The highest BCUT2D eigenvalue weighted by atomic mass is 16.5. The number of fused-ring (bicyclic) bond motifs is 2. The van der Waals surface area contributed by atoms with E-state index in [0.29, 0.717) is 19.3 Å². The highest BCUT2D eigenvalue weighted by Gasteiger charge is 2.43. The van der Waals surface area contributed by atoms with E-state index in [2.05, 4.69) is 22.6 Å². The molecule has 0 radical (unpaired) electrons. The maximum Gasteiger partial charge on any atom is 0.227 e. The summed E-state index contributed by atoms with van der Waals surface area (Å²) in [6.07, 6.45) is 4.30. The topological polar surface area (TPSA) is 70.7 Å².